The van der Waals surface area contributed by atoms with Gasteiger partial charge in [-0.2, -0.15) is 4.31 Å². The molecule has 0 radical (unpaired) electrons. The average Bonchev–Trinajstić information content (AvgIpc) is 3.05. The topological polar surface area (TPSA) is 70.2 Å². The summed E-state index contributed by atoms with van der Waals surface area (Å²) in [4.78, 5) is 16.1. The number of urea groups is 1. The molecule has 0 aliphatic carbocycles. The first-order valence-corrected chi connectivity index (χ1v) is 10.4. The molecule has 28 heavy (non-hydrogen) atoms. The number of carbonyl (C=O) groups is 1. The van der Waals surface area contributed by atoms with Crippen molar-refractivity contribution in [1.82, 2.24) is 14.1 Å². The van der Waals surface area contributed by atoms with Gasteiger partial charge in [0.25, 0.3) is 0 Å². The zero-order chi connectivity index (χ0) is 20.5. The minimum atomic E-state index is -3.82. The van der Waals surface area contributed by atoms with Crippen molar-refractivity contribution in [2.45, 2.75) is 24.0 Å². The number of methoxy groups -OCH3 is 1. The minimum absolute atomic E-state index is 0.167. The molecule has 3 rings (SSSR count). The molecule has 1 saturated heterocycles. The van der Waals surface area contributed by atoms with Gasteiger partial charge in [0.05, 0.1) is 12.0 Å². The Hall–Kier alpha value is -2.58. The van der Waals surface area contributed by atoms with Crippen LogP contribution in [0, 0.1) is 0 Å². The summed E-state index contributed by atoms with van der Waals surface area (Å²) < 4.78 is 33.4. The van der Waals surface area contributed by atoms with Gasteiger partial charge in [0, 0.05) is 26.7 Å². The maximum Gasteiger partial charge on any atom is 0.321 e. The highest BCUT2D eigenvalue weighted by atomic mass is 32.2. The quantitative estimate of drug-likeness (QED) is 0.787. The van der Waals surface area contributed by atoms with E-state index in [0.717, 1.165) is 5.56 Å². The summed E-state index contributed by atoms with van der Waals surface area (Å²) in [6, 6.07) is 15.0. The molecule has 0 aromatic heterocycles. The van der Waals surface area contributed by atoms with Crippen LogP contribution in [0.15, 0.2) is 59.5 Å². The lowest BCUT2D eigenvalue weighted by Crippen LogP contribution is -2.44. The van der Waals surface area contributed by atoms with Crippen LogP contribution in [0.4, 0.5) is 4.79 Å². The Labute approximate surface area is 166 Å². The maximum absolute atomic E-state index is 13.4. The number of ether oxygens (including phenoxy) is 1. The van der Waals surface area contributed by atoms with Gasteiger partial charge in [0.1, 0.15) is 11.9 Å². The van der Waals surface area contributed by atoms with E-state index < -0.39 is 16.2 Å². The van der Waals surface area contributed by atoms with Gasteiger partial charge < -0.3 is 9.64 Å². The Kier molecular flexibility index (Phi) is 5.62. The van der Waals surface area contributed by atoms with Crippen LogP contribution in [0.1, 0.15) is 18.7 Å². The Balaban J connectivity index is 2.08. The first-order chi connectivity index (χ1) is 13.3. The molecule has 0 saturated carbocycles. The monoisotopic (exact) mass is 403 g/mol. The molecule has 2 amide bonds. The number of rotatable bonds is 4. The zero-order valence-corrected chi connectivity index (χ0v) is 17.3. The second kappa shape index (κ2) is 7.81. The predicted molar refractivity (Wildman–Crippen MR) is 106 cm³/mol. The van der Waals surface area contributed by atoms with Gasteiger partial charge in [-0.05, 0) is 36.8 Å². The van der Waals surface area contributed by atoms with Gasteiger partial charge >= 0.3 is 6.03 Å². The van der Waals surface area contributed by atoms with Gasteiger partial charge in [-0.15, -0.1) is 0 Å². The van der Waals surface area contributed by atoms with Crippen LogP contribution in [0.5, 0.6) is 5.75 Å². The van der Waals surface area contributed by atoms with E-state index in [9.17, 15) is 13.2 Å². The number of amides is 2. The lowest BCUT2D eigenvalue weighted by Gasteiger charge is -2.33. The molecule has 0 spiro atoms. The molecule has 1 fully saturated rings. The summed E-state index contributed by atoms with van der Waals surface area (Å²) in [6.07, 6.45) is -0.710. The molecule has 2 atom stereocenters. The Bertz CT molecular complexity index is 930. The normalized spacial score (nSPS) is 20.2. The number of hydrogen-bond donors (Lipinski definition) is 0. The molecule has 1 aliphatic rings. The van der Waals surface area contributed by atoms with Crippen molar-refractivity contribution in [3.05, 3.63) is 60.2 Å². The highest BCUT2D eigenvalue weighted by molar-refractivity contribution is 7.89. The van der Waals surface area contributed by atoms with Crippen LogP contribution in [-0.4, -0.2) is 62.3 Å². The van der Waals surface area contributed by atoms with Gasteiger partial charge in [0.15, 0.2) is 0 Å². The average molecular weight is 404 g/mol. The standard InChI is InChI=1S/C20H25N3O4S/c1-15-14-22(28(25,26)18-12-10-17(27-4)11-13-18)19(16-8-6-5-7-9-16)23(15)20(24)21(2)3/h5-13,15,19H,14H2,1-4H3. The summed E-state index contributed by atoms with van der Waals surface area (Å²) in [7, 11) is 1.04. The van der Waals surface area contributed by atoms with Crippen LogP contribution in [0.25, 0.3) is 0 Å². The SMILES string of the molecule is COc1ccc(S(=O)(=O)N2CC(C)N(C(=O)N(C)C)C2c2ccccc2)cc1. The van der Waals surface area contributed by atoms with E-state index in [1.54, 1.807) is 31.1 Å². The Morgan fingerprint density at radius 3 is 2.21 bits per heavy atom. The first kappa shape index (κ1) is 20.2. The molecule has 0 N–H and O–H groups in total. The van der Waals surface area contributed by atoms with E-state index in [4.69, 9.17) is 4.74 Å². The van der Waals surface area contributed by atoms with Crippen LogP contribution >= 0.6 is 0 Å². The summed E-state index contributed by atoms with van der Waals surface area (Å²) in [5, 5.41) is 0. The number of benzene rings is 2. The zero-order valence-electron chi connectivity index (χ0n) is 16.4. The van der Waals surface area contributed by atoms with E-state index in [1.807, 2.05) is 37.3 Å². The Morgan fingerprint density at radius 1 is 1.07 bits per heavy atom. The van der Waals surface area contributed by atoms with Crippen molar-refractivity contribution in [2.75, 3.05) is 27.7 Å². The predicted octanol–water partition coefficient (Wildman–Crippen LogP) is 2.77. The third kappa shape index (κ3) is 3.57. The van der Waals surface area contributed by atoms with Crippen molar-refractivity contribution in [2.24, 2.45) is 0 Å². The highest BCUT2D eigenvalue weighted by Gasteiger charge is 2.47. The highest BCUT2D eigenvalue weighted by Crippen LogP contribution is 2.38. The van der Waals surface area contributed by atoms with Gasteiger partial charge in [-0.1, -0.05) is 30.3 Å². The number of sulfonamides is 1. The van der Waals surface area contributed by atoms with Crippen LogP contribution < -0.4 is 4.74 Å². The fourth-order valence-corrected chi connectivity index (χ4v) is 5.07. The van der Waals surface area contributed by atoms with Crippen molar-refractivity contribution >= 4 is 16.1 Å². The third-order valence-corrected chi connectivity index (χ3v) is 6.66. The first-order valence-electron chi connectivity index (χ1n) is 8.98. The van der Waals surface area contributed by atoms with Crippen LogP contribution in [-0.2, 0) is 10.0 Å². The fraction of sp³-hybridized carbons (Fsp3) is 0.350. The van der Waals surface area contributed by atoms with Gasteiger partial charge in [-0.3, -0.25) is 4.90 Å². The fourth-order valence-electron chi connectivity index (χ4n) is 3.42. The summed E-state index contributed by atoms with van der Waals surface area (Å²) in [5.41, 5.74) is 0.749. The number of nitrogens with zero attached hydrogens (tertiary/aromatic N) is 3. The van der Waals surface area contributed by atoms with E-state index in [0.29, 0.717) is 5.75 Å². The molecular weight excluding hydrogens is 378 g/mol. The van der Waals surface area contributed by atoms with Gasteiger partial charge in [0.2, 0.25) is 10.0 Å². The van der Waals surface area contributed by atoms with Crippen molar-refractivity contribution < 1.29 is 17.9 Å². The van der Waals surface area contributed by atoms with E-state index >= 15 is 0 Å². The minimum Gasteiger partial charge on any atom is -0.497 e. The maximum atomic E-state index is 13.4. The number of hydrogen-bond acceptors (Lipinski definition) is 4. The largest absolute Gasteiger partial charge is 0.497 e. The van der Waals surface area contributed by atoms with E-state index in [2.05, 4.69) is 0 Å². The summed E-state index contributed by atoms with van der Waals surface area (Å²) in [5.74, 6) is 0.581. The van der Waals surface area contributed by atoms with Crippen LogP contribution in [0.2, 0.25) is 0 Å². The Morgan fingerprint density at radius 2 is 1.68 bits per heavy atom. The molecular formula is C20H25N3O4S. The lowest BCUT2D eigenvalue weighted by molar-refractivity contribution is 0.138. The molecule has 7 nitrogen and oxygen atoms in total. The molecule has 0 bridgehead atoms. The van der Waals surface area contributed by atoms with Gasteiger partial charge in [-0.25, -0.2) is 13.2 Å². The van der Waals surface area contributed by atoms with Crippen molar-refractivity contribution in [3.63, 3.8) is 0 Å². The second-order valence-electron chi connectivity index (χ2n) is 6.97. The van der Waals surface area contributed by atoms with Crippen LogP contribution in [0.3, 0.4) is 0 Å². The molecule has 150 valence electrons. The summed E-state index contributed by atoms with van der Waals surface area (Å²) in [6.45, 7) is 2.08. The number of carbonyl (C=O) groups excluding carboxylic acids is 1. The second-order valence-corrected chi connectivity index (χ2v) is 8.86. The molecule has 2 aromatic rings. The van der Waals surface area contributed by atoms with Crippen molar-refractivity contribution in [3.8, 4) is 5.75 Å². The van der Waals surface area contributed by atoms with E-state index in [1.165, 1.54) is 28.4 Å². The molecule has 1 aliphatic heterocycles. The third-order valence-electron chi connectivity index (χ3n) is 4.82. The molecule has 1 heterocycles. The molecule has 2 unspecified atom stereocenters. The smallest absolute Gasteiger partial charge is 0.321 e. The summed E-state index contributed by atoms with van der Waals surface area (Å²) >= 11 is 0. The van der Waals surface area contributed by atoms with Crippen molar-refractivity contribution in [1.29, 1.82) is 0 Å². The lowest BCUT2D eigenvalue weighted by atomic mass is 10.1. The van der Waals surface area contributed by atoms with E-state index in [-0.39, 0.29) is 23.5 Å². The molecule has 2 aromatic carbocycles. The molecule has 8 heteroatoms.